The molecule has 15 heavy (non-hydrogen) atoms. The predicted molar refractivity (Wildman–Crippen MR) is 70.7 cm³/mol. The molecule has 90 valence electrons. The summed E-state index contributed by atoms with van der Waals surface area (Å²) in [5.74, 6) is 3.47. The highest BCUT2D eigenvalue weighted by atomic mass is 32.2. The first-order chi connectivity index (χ1) is 7.24. The fourth-order valence-electron chi connectivity index (χ4n) is 2.10. The van der Waals surface area contributed by atoms with Crippen LogP contribution < -0.4 is 5.32 Å². The van der Waals surface area contributed by atoms with Gasteiger partial charge in [-0.3, -0.25) is 0 Å². The molecule has 0 radical (unpaired) electrons. The third-order valence-corrected chi connectivity index (χ3v) is 4.19. The molecule has 1 saturated heterocycles. The number of thioether (sulfide) groups is 1. The van der Waals surface area contributed by atoms with Gasteiger partial charge in [-0.25, -0.2) is 0 Å². The molecule has 2 nitrogen and oxygen atoms in total. The van der Waals surface area contributed by atoms with E-state index in [1.807, 2.05) is 0 Å². The molecule has 1 aliphatic rings. The van der Waals surface area contributed by atoms with Crippen molar-refractivity contribution in [3.63, 3.8) is 0 Å². The first-order valence-electron chi connectivity index (χ1n) is 6.22. The molecule has 1 rings (SSSR count). The normalized spacial score (nSPS) is 23.6. The Labute approximate surface area is 99.2 Å². The van der Waals surface area contributed by atoms with Crippen molar-refractivity contribution in [1.29, 1.82) is 0 Å². The number of nitrogens with zero attached hydrogens (tertiary/aromatic N) is 1. The summed E-state index contributed by atoms with van der Waals surface area (Å²) in [5.41, 5.74) is 0. The molecule has 1 N–H and O–H groups in total. The van der Waals surface area contributed by atoms with Crippen LogP contribution in [-0.2, 0) is 0 Å². The van der Waals surface area contributed by atoms with Gasteiger partial charge in [-0.15, -0.1) is 0 Å². The second-order valence-corrected chi connectivity index (χ2v) is 5.92. The smallest absolute Gasteiger partial charge is 0.0191 e. The quantitative estimate of drug-likeness (QED) is 0.674. The van der Waals surface area contributed by atoms with Crippen molar-refractivity contribution in [2.24, 2.45) is 5.92 Å². The van der Waals surface area contributed by atoms with Gasteiger partial charge in [0.1, 0.15) is 0 Å². The van der Waals surface area contributed by atoms with E-state index in [-0.39, 0.29) is 0 Å². The minimum atomic E-state index is 0.771. The standard InChI is InChI=1S/C12H26N2S/c1-4-6-13-8-11(2)9-14(3)12-5-7-15-10-12/h11-13H,4-10H2,1-3H3. The van der Waals surface area contributed by atoms with Crippen molar-refractivity contribution in [2.45, 2.75) is 32.7 Å². The highest BCUT2D eigenvalue weighted by molar-refractivity contribution is 7.99. The first-order valence-corrected chi connectivity index (χ1v) is 7.38. The Morgan fingerprint density at radius 1 is 1.53 bits per heavy atom. The van der Waals surface area contributed by atoms with Crippen LogP contribution in [-0.4, -0.2) is 49.1 Å². The van der Waals surface area contributed by atoms with Gasteiger partial charge in [-0.2, -0.15) is 11.8 Å². The summed E-state index contributed by atoms with van der Waals surface area (Å²) in [5, 5.41) is 3.50. The minimum Gasteiger partial charge on any atom is -0.316 e. The molecule has 0 aliphatic carbocycles. The van der Waals surface area contributed by atoms with Crippen molar-refractivity contribution >= 4 is 11.8 Å². The van der Waals surface area contributed by atoms with Crippen LogP contribution in [0.4, 0.5) is 0 Å². The lowest BCUT2D eigenvalue weighted by Crippen LogP contribution is -2.37. The van der Waals surface area contributed by atoms with Crippen LogP contribution in [0.15, 0.2) is 0 Å². The van der Waals surface area contributed by atoms with E-state index < -0.39 is 0 Å². The zero-order chi connectivity index (χ0) is 11.1. The Hall–Kier alpha value is 0.270. The van der Waals surface area contributed by atoms with E-state index in [1.165, 1.54) is 30.9 Å². The van der Waals surface area contributed by atoms with Gasteiger partial charge in [0.25, 0.3) is 0 Å². The second kappa shape index (κ2) is 7.53. The molecule has 0 aromatic heterocycles. The van der Waals surface area contributed by atoms with Gasteiger partial charge < -0.3 is 10.2 Å². The van der Waals surface area contributed by atoms with Gasteiger partial charge in [-0.05, 0) is 44.6 Å². The van der Waals surface area contributed by atoms with Gasteiger partial charge in [0.2, 0.25) is 0 Å². The fraction of sp³-hybridized carbons (Fsp3) is 1.00. The Morgan fingerprint density at radius 2 is 2.33 bits per heavy atom. The average molecular weight is 230 g/mol. The number of hydrogen-bond acceptors (Lipinski definition) is 3. The molecule has 0 saturated carbocycles. The molecule has 0 amide bonds. The molecule has 1 fully saturated rings. The summed E-state index contributed by atoms with van der Waals surface area (Å²) < 4.78 is 0. The third kappa shape index (κ3) is 5.23. The summed E-state index contributed by atoms with van der Waals surface area (Å²) in [4.78, 5) is 2.55. The lowest BCUT2D eigenvalue weighted by molar-refractivity contribution is 0.226. The van der Waals surface area contributed by atoms with Crippen LogP contribution in [0.25, 0.3) is 0 Å². The van der Waals surface area contributed by atoms with Crippen molar-refractivity contribution in [1.82, 2.24) is 10.2 Å². The van der Waals surface area contributed by atoms with Gasteiger partial charge in [-0.1, -0.05) is 13.8 Å². The van der Waals surface area contributed by atoms with Crippen LogP contribution in [0, 0.1) is 5.92 Å². The van der Waals surface area contributed by atoms with Gasteiger partial charge in [0.05, 0.1) is 0 Å². The Bertz CT molecular complexity index is 158. The van der Waals surface area contributed by atoms with E-state index in [9.17, 15) is 0 Å². The van der Waals surface area contributed by atoms with Gasteiger partial charge in [0.15, 0.2) is 0 Å². The largest absolute Gasteiger partial charge is 0.316 e. The van der Waals surface area contributed by atoms with Crippen LogP contribution in [0.3, 0.4) is 0 Å². The van der Waals surface area contributed by atoms with Crippen LogP contribution in [0.1, 0.15) is 26.7 Å². The molecule has 0 aromatic rings. The SMILES string of the molecule is CCCNCC(C)CN(C)C1CCSC1. The lowest BCUT2D eigenvalue weighted by Gasteiger charge is -2.26. The number of nitrogens with one attached hydrogen (secondary N) is 1. The van der Waals surface area contributed by atoms with E-state index in [0.29, 0.717) is 0 Å². The molecule has 0 bridgehead atoms. The highest BCUT2D eigenvalue weighted by Gasteiger charge is 2.20. The van der Waals surface area contributed by atoms with Crippen molar-refractivity contribution in [2.75, 3.05) is 38.2 Å². The second-order valence-electron chi connectivity index (χ2n) is 4.77. The monoisotopic (exact) mass is 230 g/mol. The van der Waals surface area contributed by atoms with Gasteiger partial charge in [0, 0.05) is 18.3 Å². The predicted octanol–water partition coefficient (Wildman–Crippen LogP) is 2.06. The summed E-state index contributed by atoms with van der Waals surface area (Å²) in [6, 6.07) is 0.837. The third-order valence-electron chi connectivity index (χ3n) is 3.05. The maximum absolute atomic E-state index is 3.50. The van der Waals surface area contributed by atoms with E-state index in [2.05, 4.69) is 42.9 Å². The zero-order valence-electron chi connectivity index (χ0n) is 10.5. The Morgan fingerprint density at radius 3 is 2.93 bits per heavy atom. The first kappa shape index (κ1) is 13.3. The van der Waals surface area contributed by atoms with Crippen LogP contribution in [0.5, 0.6) is 0 Å². The molecular weight excluding hydrogens is 204 g/mol. The Kier molecular flexibility index (Phi) is 6.69. The minimum absolute atomic E-state index is 0.771. The number of hydrogen-bond donors (Lipinski definition) is 1. The van der Waals surface area contributed by atoms with E-state index in [4.69, 9.17) is 0 Å². The molecular formula is C12H26N2S. The summed E-state index contributed by atoms with van der Waals surface area (Å²) in [6.45, 7) is 8.13. The van der Waals surface area contributed by atoms with Crippen LogP contribution in [0.2, 0.25) is 0 Å². The molecule has 0 aromatic carbocycles. The van der Waals surface area contributed by atoms with Crippen molar-refractivity contribution in [3.8, 4) is 0 Å². The van der Waals surface area contributed by atoms with E-state index >= 15 is 0 Å². The molecule has 1 aliphatic heterocycles. The molecule has 0 spiro atoms. The summed E-state index contributed by atoms with van der Waals surface area (Å²) in [6.07, 6.45) is 2.62. The summed E-state index contributed by atoms with van der Waals surface area (Å²) >= 11 is 2.10. The maximum atomic E-state index is 3.50. The zero-order valence-corrected chi connectivity index (χ0v) is 11.3. The fourth-order valence-corrected chi connectivity index (χ4v) is 3.40. The molecule has 2 atom stereocenters. The molecule has 2 unspecified atom stereocenters. The molecule has 1 heterocycles. The number of rotatable bonds is 7. The van der Waals surface area contributed by atoms with E-state index in [0.717, 1.165) is 25.0 Å². The lowest BCUT2D eigenvalue weighted by atomic mass is 10.1. The summed E-state index contributed by atoms with van der Waals surface area (Å²) in [7, 11) is 2.28. The maximum Gasteiger partial charge on any atom is 0.0191 e. The Balaban J connectivity index is 2.10. The topological polar surface area (TPSA) is 15.3 Å². The highest BCUT2D eigenvalue weighted by Crippen LogP contribution is 2.21. The van der Waals surface area contributed by atoms with Gasteiger partial charge >= 0.3 is 0 Å². The van der Waals surface area contributed by atoms with Crippen molar-refractivity contribution < 1.29 is 0 Å². The average Bonchev–Trinajstić information content (AvgIpc) is 2.70. The van der Waals surface area contributed by atoms with E-state index in [1.54, 1.807) is 0 Å². The molecule has 3 heteroatoms. The van der Waals surface area contributed by atoms with Crippen LogP contribution >= 0.6 is 11.8 Å². The van der Waals surface area contributed by atoms with Crippen molar-refractivity contribution in [3.05, 3.63) is 0 Å².